The monoisotopic (exact) mass is 205 g/mol. The highest BCUT2D eigenvalue weighted by molar-refractivity contribution is 6.06. The molecule has 15 heavy (non-hydrogen) atoms. The summed E-state index contributed by atoms with van der Waals surface area (Å²) in [7, 11) is 5.36. The molecule has 0 aromatic heterocycles. The Balaban J connectivity index is 3.07. The smallest absolute Gasteiger partial charge is 0.152 e. The van der Waals surface area contributed by atoms with Crippen LogP contribution >= 0.6 is 0 Å². The molecule has 0 bridgehead atoms. The van der Waals surface area contributed by atoms with E-state index in [2.05, 4.69) is 0 Å². The van der Waals surface area contributed by atoms with Crippen LogP contribution in [0, 0.1) is 0 Å². The van der Waals surface area contributed by atoms with E-state index in [0.29, 0.717) is 5.57 Å². The molecule has 0 fully saturated rings. The standard InChI is InChI=1S/C12H15NO2/c1-13(2)8-11(9-14)10-5-4-6-12(7-10)15-3/h4-9H,1-3H3/b11-8+. The number of benzene rings is 1. The molecule has 0 amide bonds. The van der Waals surface area contributed by atoms with Crippen molar-refractivity contribution in [1.29, 1.82) is 0 Å². The quantitative estimate of drug-likeness (QED) is 0.554. The molecule has 80 valence electrons. The number of ether oxygens (including phenoxy) is 1. The number of hydrogen-bond acceptors (Lipinski definition) is 3. The van der Waals surface area contributed by atoms with Gasteiger partial charge >= 0.3 is 0 Å². The Labute approximate surface area is 90.0 Å². The Kier molecular flexibility index (Phi) is 3.92. The predicted molar refractivity (Wildman–Crippen MR) is 60.7 cm³/mol. The third-order valence-electron chi connectivity index (χ3n) is 1.93. The molecule has 0 aliphatic heterocycles. The van der Waals surface area contributed by atoms with E-state index in [1.165, 1.54) is 0 Å². The summed E-state index contributed by atoms with van der Waals surface area (Å²) in [6, 6.07) is 7.43. The molecule has 1 aromatic carbocycles. The minimum Gasteiger partial charge on any atom is -0.497 e. The molecule has 0 heterocycles. The first kappa shape index (κ1) is 11.3. The van der Waals surface area contributed by atoms with Crippen molar-refractivity contribution in [1.82, 2.24) is 4.90 Å². The fourth-order valence-electron chi connectivity index (χ4n) is 1.25. The van der Waals surface area contributed by atoms with Crippen LogP contribution in [-0.2, 0) is 4.79 Å². The summed E-state index contributed by atoms with van der Waals surface area (Å²) in [6.45, 7) is 0. The molecule has 3 heteroatoms. The van der Waals surface area contributed by atoms with Crippen LogP contribution < -0.4 is 4.74 Å². The van der Waals surface area contributed by atoms with Gasteiger partial charge in [0.25, 0.3) is 0 Å². The summed E-state index contributed by atoms with van der Waals surface area (Å²) in [4.78, 5) is 12.7. The SMILES string of the molecule is COc1cccc(/C(C=O)=C/N(C)C)c1. The van der Waals surface area contributed by atoms with Crippen molar-refractivity contribution in [2.45, 2.75) is 0 Å². The van der Waals surface area contributed by atoms with E-state index in [4.69, 9.17) is 4.74 Å². The first-order valence-electron chi connectivity index (χ1n) is 4.65. The molecular weight excluding hydrogens is 190 g/mol. The summed E-state index contributed by atoms with van der Waals surface area (Å²) in [5.41, 5.74) is 1.50. The van der Waals surface area contributed by atoms with Crippen LogP contribution in [0.2, 0.25) is 0 Å². The van der Waals surface area contributed by atoms with Crippen molar-refractivity contribution in [3.8, 4) is 5.75 Å². The normalized spacial score (nSPS) is 11.0. The molecule has 1 rings (SSSR count). The van der Waals surface area contributed by atoms with E-state index < -0.39 is 0 Å². The zero-order valence-electron chi connectivity index (χ0n) is 9.23. The molecule has 1 aromatic rings. The Bertz CT molecular complexity index is 370. The van der Waals surface area contributed by atoms with Crippen LogP contribution in [0.4, 0.5) is 0 Å². The molecule has 0 spiro atoms. The molecule has 0 aliphatic carbocycles. The Morgan fingerprint density at radius 3 is 2.67 bits per heavy atom. The first-order chi connectivity index (χ1) is 7.17. The van der Waals surface area contributed by atoms with Crippen molar-refractivity contribution >= 4 is 11.9 Å². The minimum atomic E-state index is 0.638. The number of aldehydes is 1. The molecule has 3 nitrogen and oxygen atoms in total. The van der Waals surface area contributed by atoms with Gasteiger partial charge < -0.3 is 9.64 Å². The predicted octanol–water partition coefficient (Wildman–Crippen LogP) is 1.80. The average Bonchev–Trinajstić information content (AvgIpc) is 2.25. The molecule has 0 N–H and O–H groups in total. The molecule has 0 aliphatic rings. The Morgan fingerprint density at radius 1 is 1.40 bits per heavy atom. The van der Waals surface area contributed by atoms with Crippen LogP contribution in [0.15, 0.2) is 30.5 Å². The van der Waals surface area contributed by atoms with E-state index >= 15 is 0 Å². The summed E-state index contributed by atoms with van der Waals surface area (Å²) >= 11 is 0. The maximum absolute atomic E-state index is 10.9. The van der Waals surface area contributed by atoms with Crippen molar-refractivity contribution in [2.24, 2.45) is 0 Å². The minimum absolute atomic E-state index is 0.638. The average molecular weight is 205 g/mol. The highest BCUT2D eigenvalue weighted by Crippen LogP contribution is 2.18. The van der Waals surface area contributed by atoms with Gasteiger partial charge in [0.2, 0.25) is 0 Å². The van der Waals surface area contributed by atoms with Crippen molar-refractivity contribution in [3.63, 3.8) is 0 Å². The van der Waals surface area contributed by atoms with Gasteiger partial charge in [-0.25, -0.2) is 0 Å². The van der Waals surface area contributed by atoms with Gasteiger partial charge in [0.1, 0.15) is 5.75 Å². The number of allylic oxidation sites excluding steroid dienone is 1. The van der Waals surface area contributed by atoms with Gasteiger partial charge in [0.05, 0.1) is 7.11 Å². The summed E-state index contributed by atoms with van der Waals surface area (Å²) < 4.78 is 5.10. The fourth-order valence-corrected chi connectivity index (χ4v) is 1.25. The zero-order valence-corrected chi connectivity index (χ0v) is 9.23. The molecule has 0 atom stereocenters. The number of carbonyl (C=O) groups excluding carboxylic acids is 1. The van der Waals surface area contributed by atoms with E-state index in [0.717, 1.165) is 17.6 Å². The fraction of sp³-hybridized carbons (Fsp3) is 0.250. The molecular formula is C12H15NO2. The van der Waals surface area contributed by atoms with Gasteiger partial charge in [-0.1, -0.05) is 12.1 Å². The number of rotatable bonds is 4. The third-order valence-corrected chi connectivity index (χ3v) is 1.93. The van der Waals surface area contributed by atoms with Crippen LogP contribution in [0.1, 0.15) is 5.56 Å². The van der Waals surface area contributed by atoms with Crippen molar-refractivity contribution < 1.29 is 9.53 Å². The van der Waals surface area contributed by atoms with E-state index in [1.54, 1.807) is 13.3 Å². The highest BCUT2D eigenvalue weighted by atomic mass is 16.5. The molecule has 0 saturated carbocycles. The number of nitrogens with zero attached hydrogens (tertiary/aromatic N) is 1. The lowest BCUT2D eigenvalue weighted by atomic mass is 10.1. The van der Waals surface area contributed by atoms with Gasteiger partial charge in [-0.15, -0.1) is 0 Å². The topological polar surface area (TPSA) is 29.5 Å². The molecule has 0 radical (unpaired) electrons. The van der Waals surface area contributed by atoms with Gasteiger partial charge in [0.15, 0.2) is 6.29 Å². The van der Waals surface area contributed by atoms with Gasteiger partial charge in [-0.3, -0.25) is 4.79 Å². The molecule has 0 unspecified atom stereocenters. The number of carbonyl (C=O) groups is 1. The first-order valence-corrected chi connectivity index (χ1v) is 4.65. The van der Waals surface area contributed by atoms with Crippen LogP contribution in [-0.4, -0.2) is 32.4 Å². The number of hydrogen-bond donors (Lipinski definition) is 0. The van der Waals surface area contributed by atoms with Gasteiger partial charge in [-0.2, -0.15) is 0 Å². The van der Waals surface area contributed by atoms with Crippen LogP contribution in [0.25, 0.3) is 5.57 Å². The lowest BCUT2D eigenvalue weighted by molar-refractivity contribution is -0.103. The number of methoxy groups -OCH3 is 1. The lowest BCUT2D eigenvalue weighted by Crippen LogP contribution is -2.03. The maximum Gasteiger partial charge on any atom is 0.152 e. The maximum atomic E-state index is 10.9. The van der Waals surface area contributed by atoms with Gasteiger partial charge in [-0.05, 0) is 17.7 Å². The van der Waals surface area contributed by atoms with E-state index in [1.807, 2.05) is 43.3 Å². The second-order valence-electron chi connectivity index (χ2n) is 3.40. The summed E-state index contributed by atoms with van der Waals surface area (Å²) in [6.07, 6.45) is 2.62. The van der Waals surface area contributed by atoms with Gasteiger partial charge in [0, 0.05) is 25.9 Å². The third kappa shape index (κ3) is 3.13. The summed E-state index contributed by atoms with van der Waals surface area (Å²) in [5.74, 6) is 0.749. The second-order valence-corrected chi connectivity index (χ2v) is 3.40. The van der Waals surface area contributed by atoms with Crippen LogP contribution in [0.3, 0.4) is 0 Å². The largest absolute Gasteiger partial charge is 0.497 e. The Morgan fingerprint density at radius 2 is 2.13 bits per heavy atom. The highest BCUT2D eigenvalue weighted by Gasteiger charge is 2.01. The van der Waals surface area contributed by atoms with Crippen LogP contribution in [0.5, 0.6) is 5.75 Å². The van der Waals surface area contributed by atoms with E-state index in [-0.39, 0.29) is 0 Å². The van der Waals surface area contributed by atoms with Crippen molar-refractivity contribution in [2.75, 3.05) is 21.2 Å². The zero-order chi connectivity index (χ0) is 11.3. The molecule has 0 saturated heterocycles. The van der Waals surface area contributed by atoms with Crippen molar-refractivity contribution in [3.05, 3.63) is 36.0 Å². The second kappa shape index (κ2) is 5.20. The summed E-state index contributed by atoms with van der Waals surface area (Å²) in [5, 5.41) is 0. The van der Waals surface area contributed by atoms with E-state index in [9.17, 15) is 4.79 Å². The lowest BCUT2D eigenvalue weighted by Gasteiger charge is -2.08. The Hall–Kier alpha value is -1.77.